The van der Waals surface area contributed by atoms with Gasteiger partial charge >= 0.3 is 0 Å². The summed E-state index contributed by atoms with van der Waals surface area (Å²) in [7, 11) is 1.70. The first-order chi connectivity index (χ1) is 6.86. The molecule has 1 saturated heterocycles. The van der Waals surface area contributed by atoms with Gasteiger partial charge in [0.25, 0.3) is 0 Å². The molecule has 0 aromatic heterocycles. The van der Waals surface area contributed by atoms with Crippen LogP contribution in [0.25, 0.3) is 0 Å². The van der Waals surface area contributed by atoms with E-state index in [2.05, 4.69) is 11.8 Å². The molecule has 1 fully saturated rings. The molecule has 0 unspecified atom stereocenters. The first kappa shape index (κ1) is 12.0. The van der Waals surface area contributed by atoms with Crippen molar-refractivity contribution in [3.05, 3.63) is 0 Å². The zero-order valence-electron chi connectivity index (χ0n) is 9.50. The molecule has 0 aromatic carbocycles. The maximum absolute atomic E-state index is 5.48. The fourth-order valence-electron chi connectivity index (χ4n) is 1.86. The standard InChI is InChI=1S/C11H23NO2/c1-3-11-4-6-12(7-5-11)10-14-9-8-13-2/h11H,3-10H2,1-2H3. The van der Waals surface area contributed by atoms with Crippen molar-refractivity contribution in [1.29, 1.82) is 0 Å². The average molecular weight is 201 g/mol. The van der Waals surface area contributed by atoms with Crippen molar-refractivity contribution in [2.45, 2.75) is 26.2 Å². The van der Waals surface area contributed by atoms with E-state index in [1.54, 1.807) is 7.11 Å². The van der Waals surface area contributed by atoms with Crippen LogP contribution in [0, 0.1) is 5.92 Å². The molecule has 1 heterocycles. The van der Waals surface area contributed by atoms with E-state index in [1.807, 2.05) is 0 Å². The Morgan fingerprint density at radius 1 is 1.21 bits per heavy atom. The quantitative estimate of drug-likeness (QED) is 0.611. The average Bonchev–Trinajstić information content (AvgIpc) is 2.25. The van der Waals surface area contributed by atoms with Crippen LogP contribution in [0.2, 0.25) is 0 Å². The molecule has 0 aromatic rings. The maximum atomic E-state index is 5.48. The lowest BCUT2D eigenvalue weighted by atomic mass is 9.95. The summed E-state index contributed by atoms with van der Waals surface area (Å²) in [5, 5.41) is 0. The molecular weight excluding hydrogens is 178 g/mol. The van der Waals surface area contributed by atoms with Crippen LogP contribution in [0.3, 0.4) is 0 Å². The van der Waals surface area contributed by atoms with E-state index in [0.29, 0.717) is 13.2 Å². The van der Waals surface area contributed by atoms with Crippen LogP contribution < -0.4 is 0 Å². The topological polar surface area (TPSA) is 21.7 Å². The van der Waals surface area contributed by atoms with Gasteiger partial charge in [0.05, 0.1) is 19.9 Å². The SMILES string of the molecule is CCC1CCN(COCCOC)CC1. The second-order valence-corrected chi connectivity index (χ2v) is 4.00. The maximum Gasteiger partial charge on any atom is 0.0991 e. The number of methoxy groups -OCH3 is 1. The molecule has 0 N–H and O–H groups in total. The van der Waals surface area contributed by atoms with Crippen molar-refractivity contribution in [3.8, 4) is 0 Å². The van der Waals surface area contributed by atoms with Crippen LogP contribution in [-0.2, 0) is 9.47 Å². The van der Waals surface area contributed by atoms with E-state index in [1.165, 1.54) is 32.4 Å². The Morgan fingerprint density at radius 3 is 2.50 bits per heavy atom. The van der Waals surface area contributed by atoms with Crippen LogP contribution in [0.1, 0.15) is 26.2 Å². The van der Waals surface area contributed by atoms with Crippen molar-refractivity contribution in [1.82, 2.24) is 4.90 Å². The summed E-state index contributed by atoms with van der Waals surface area (Å²) >= 11 is 0. The molecule has 1 rings (SSSR count). The van der Waals surface area contributed by atoms with Crippen molar-refractivity contribution >= 4 is 0 Å². The summed E-state index contributed by atoms with van der Waals surface area (Å²) in [6.45, 7) is 6.88. The Morgan fingerprint density at radius 2 is 1.93 bits per heavy atom. The third kappa shape index (κ3) is 4.40. The fourth-order valence-corrected chi connectivity index (χ4v) is 1.86. The molecule has 0 saturated carbocycles. The Balaban J connectivity index is 1.98. The highest BCUT2D eigenvalue weighted by molar-refractivity contribution is 4.69. The minimum Gasteiger partial charge on any atom is -0.382 e. The summed E-state index contributed by atoms with van der Waals surface area (Å²) in [6.07, 6.45) is 4.01. The van der Waals surface area contributed by atoms with Crippen molar-refractivity contribution in [2.24, 2.45) is 5.92 Å². The van der Waals surface area contributed by atoms with Gasteiger partial charge in [0.2, 0.25) is 0 Å². The van der Waals surface area contributed by atoms with Crippen LogP contribution in [0.4, 0.5) is 0 Å². The van der Waals surface area contributed by atoms with E-state index < -0.39 is 0 Å². The lowest BCUT2D eigenvalue weighted by Gasteiger charge is -2.30. The van der Waals surface area contributed by atoms with Gasteiger partial charge in [-0.2, -0.15) is 0 Å². The van der Waals surface area contributed by atoms with E-state index in [4.69, 9.17) is 9.47 Å². The zero-order chi connectivity index (χ0) is 10.2. The van der Waals surface area contributed by atoms with Crippen molar-refractivity contribution in [2.75, 3.05) is 40.1 Å². The molecule has 0 spiro atoms. The number of likely N-dealkylation sites (tertiary alicyclic amines) is 1. The van der Waals surface area contributed by atoms with Crippen molar-refractivity contribution < 1.29 is 9.47 Å². The van der Waals surface area contributed by atoms with Gasteiger partial charge in [-0.05, 0) is 18.8 Å². The number of hydrogen-bond donors (Lipinski definition) is 0. The molecule has 0 amide bonds. The molecule has 0 aliphatic carbocycles. The summed E-state index contributed by atoms with van der Waals surface area (Å²) in [5.74, 6) is 0.949. The Hall–Kier alpha value is -0.120. The molecule has 0 bridgehead atoms. The molecule has 1 aliphatic heterocycles. The zero-order valence-corrected chi connectivity index (χ0v) is 9.50. The molecule has 84 valence electrons. The number of ether oxygens (including phenoxy) is 2. The van der Waals surface area contributed by atoms with Crippen molar-refractivity contribution in [3.63, 3.8) is 0 Å². The third-order valence-electron chi connectivity index (χ3n) is 2.99. The van der Waals surface area contributed by atoms with Gasteiger partial charge < -0.3 is 9.47 Å². The number of rotatable bonds is 6. The molecule has 0 atom stereocenters. The van der Waals surface area contributed by atoms with Gasteiger partial charge in [0.1, 0.15) is 0 Å². The van der Waals surface area contributed by atoms with Gasteiger partial charge in [0.15, 0.2) is 0 Å². The van der Waals surface area contributed by atoms with Gasteiger partial charge in [-0.1, -0.05) is 13.3 Å². The molecule has 1 aliphatic rings. The summed E-state index contributed by atoms with van der Waals surface area (Å²) < 4.78 is 10.4. The van der Waals surface area contributed by atoms with Crippen LogP contribution in [-0.4, -0.2) is 45.0 Å². The monoisotopic (exact) mass is 201 g/mol. The Labute approximate surface area is 87.4 Å². The van der Waals surface area contributed by atoms with Gasteiger partial charge in [0, 0.05) is 20.2 Å². The van der Waals surface area contributed by atoms with E-state index in [-0.39, 0.29) is 0 Å². The minimum absolute atomic E-state index is 0.700. The number of piperidine rings is 1. The first-order valence-electron chi connectivity index (χ1n) is 5.65. The smallest absolute Gasteiger partial charge is 0.0991 e. The van der Waals surface area contributed by atoms with Gasteiger partial charge in [-0.3, -0.25) is 4.90 Å². The summed E-state index contributed by atoms with van der Waals surface area (Å²) in [4.78, 5) is 2.39. The van der Waals surface area contributed by atoms with E-state index in [9.17, 15) is 0 Å². The number of nitrogens with zero attached hydrogens (tertiary/aromatic N) is 1. The predicted molar refractivity (Wildman–Crippen MR) is 57.3 cm³/mol. The Kier molecular flexibility index (Phi) is 6.15. The molecule has 0 radical (unpaired) electrons. The van der Waals surface area contributed by atoms with E-state index >= 15 is 0 Å². The molecule has 3 nitrogen and oxygen atoms in total. The number of hydrogen-bond acceptors (Lipinski definition) is 3. The fraction of sp³-hybridized carbons (Fsp3) is 1.00. The summed E-state index contributed by atoms with van der Waals surface area (Å²) in [5.41, 5.74) is 0. The minimum atomic E-state index is 0.700. The summed E-state index contributed by atoms with van der Waals surface area (Å²) in [6, 6.07) is 0. The highest BCUT2D eigenvalue weighted by Crippen LogP contribution is 2.19. The highest BCUT2D eigenvalue weighted by atomic mass is 16.5. The lowest BCUT2D eigenvalue weighted by molar-refractivity contribution is -0.00950. The van der Waals surface area contributed by atoms with Gasteiger partial charge in [-0.25, -0.2) is 0 Å². The van der Waals surface area contributed by atoms with Crippen LogP contribution in [0.15, 0.2) is 0 Å². The second kappa shape index (κ2) is 7.21. The largest absolute Gasteiger partial charge is 0.382 e. The van der Waals surface area contributed by atoms with Crippen LogP contribution in [0.5, 0.6) is 0 Å². The third-order valence-corrected chi connectivity index (χ3v) is 2.99. The molecular formula is C11H23NO2. The van der Waals surface area contributed by atoms with Gasteiger partial charge in [-0.15, -0.1) is 0 Å². The highest BCUT2D eigenvalue weighted by Gasteiger charge is 2.16. The Bertz CT molecular complexity index is 133. The lowest BCUT2D eigenvalue weighted by Crippen LogP contribution is -2.35. The predicted octanol–water partition coefficient (Wildman–Crippen LogP) is 1.73. The van der Waals surface area contributed by atoms with E-state index in [0.717, 1.165) is 12.6 Å². The van der Waals surface area contributed by atoms with Crippen LogP contribution >= 0.6 is 0 Å². The normalized spacial score (nSPS) is 20.1. The molecule has 14 heavy (non-hydrogen) atoms. The second-order valence-electron chi connectivity index (χ2n) is 4.00. The first-order valence-corrected chi connectivity index (χ1v) is 5.65. The molecule has 3 heteroatoms.